The third-order valence-corrected chi connectivity index (χ3v) is 5.92. The van der Waals surface area contributed by atoms with Gasteiger partial charge in [-0.2, -0.15) is 23.4 Å². The van der Waals surface area contributed by atoms with Gasteiger partial charge in [-0.15, -0.1) is 12.4 Å². The van der Waals surface area contributed by atoms with E-state index in [0.29, 0.717) is 32.0 Å². The number of nitrogens with one attached hydrogen (secondary N) is 1. The predicted octanol–water partition coefficient (Wildman–Crippen LogP) is 3.52. The zero-order valence-electron chi connectivity index (χ0n) is 18.8. The first-order valence-electron chi connectivity index (χ1n) is 11.0. The Labute approximate surface area is 205 Å². The van der Waals surface area contributed by atoms with Gasteiger partial charge in [-0.1, -0.05) is 0 Å². The molecule has 0 spiro atoms. The Bertz CT molecular complexity index is 956. The number of hydrogen-bond donors (Lipinski definition) is 1. The molecule has 2 saturated heterocycles. The lowest BCUT2D eigenvalue weighted by Crippen LogP contribution is -2.36. The Morgan fingerprint density at radius 1 is 0.914 bits per heavy atom. The van der Waals surface area contributed by atoms with Crippen LogP contribution in [0.3, 0.4) is 0 Å². The van der Waals surface area contributed by atoms with Crippen LogP contribution >= 0.6 is 12.4 Å². The lowest BCUT2D eigenvalue weighted by atomic mass is 10.1. The molecule has 12 nitrogen and oxygen atoms in total. The van der Waals surface area contributed by atoms with Gasteiger partial charge >= 0.3 is 17.6 Å². The van der Waals surface area contributed by atoms with Gasteiger partial charge in [-0.3, -0.25) is 29.6 Å². The minimum absolute atomic E-state index is 0. The number of nitro groups is 2. The minimum atomic E-state index is -4.13. The van der Waals surface area contributed by atoms with Crippen molar-refractivity contribution in [3.63, 3.8) is 0 Å². The average molecular weight is 525 g/mol. The van der Waals surface area contributed by atoms with E-state index in [0.717, 1.165) is 25.9 Å². The number of alkyl halides is 3. The summed E-state index contributed by atoms with van der Waals surface area (Å²) in [5.41, 5.74) is 0.00744. The van der Waals surface area contributed by atoms with E-state index in [1.165, 1.54) is 24.8 Å². The zero-order valence-corrected chi connectivity index (χ0v) is 19.7. The molecule has 2 aromatic heterocycles. The molecule has 0 bridgehead atoms. The summed E-state index contributed by atoms with van der Waals surface area (Å²) in [6.45, 7) is 3.02. The molecular weight excluding hydrogens is 497 g/mol. The molecule has 0 aliphatic carbocycles. The summed E-state index contributed by atoms with van der Waals surface area (Å²) in [5, 5.41) is 32.2. The van der Waals surface area contributed by atoms with Crippen molar-refractivity contribution in [2.24, 2.45) is 0 Å². The molecule has 2 fully saturated rings. The number of likely N-dealkylation sites (tertiary alicyclic amines) is 1. The molecule has 0 radical (unpaired) electrons. The molecule has 0 unspecified atom stereocenters. The molecule has 4 rings (SSSR count). The molecule has 0 aromatic carbocycles. The highest BCUT2D eigenvalue weighted by Crippen LogP contribution is 2.26. The summed E-state index contributed by atoms with van der Waals surface area (Å²) in [6.07, 6.45) is 3.72. The molecule has 196 valence electrons. The van der Waals surface area contributed by atoms with Crippen molar-refractivity contribution in [3.05, 3.63) is 45.0 Å². The highest BCUT2D eigenvalue weighted by atomic mass is 35.5. The van der Waals surface area contributed by atoms with Crippen molar-refractivity contribution in [2.75, 3.05) is 32.7 Å². The second-order valence-electron chi connectivity index (χ2n) is 8.29. The summed E-state index contributed by atoms with van der Waals surface area (Å²) in [7, 11) is 0. The van der Waals surface area contributed by atoms with Crippen LogP contribution in [0.1, 0.15) is 44.2 Å². The van der Waals surface area contributed by atoms with E-state index >= 15 is 0 Å². The molecule has 2 aliphatic rings. The number of nitrogens with zero attached hydrogens (tertiary/aromatic N) is 7. The summed E-state index contributed by atoms with van der Waals surface area (Å²) < 4.78 is 39.6. The Morgan fingerprint density at radius 2 is 1.37 bits per heavy atom. The van der Waals surface area contributed by atoms with Gasteiger partial charge in [-0.05, 0) is 38.8 Å². The Morgan fingerprint density at radius 3 is 1.77 bits per heavy atom. The Kier molecular flexibility index (Phi) is 10.4. The van der Waals surface area contributed by atoms with E-state index < -0.39 is 22.4 Å². The molecule has 35 heavy (non-hydrogen) atoms. The maximum absolute atomic E-state index is 12.1. The van der Waals surface area contributed by atoms with Crippen molar-refractivity contribution in [1.29, 1.82) is 0 Å². The Hall–Kier alpha value is -2.78. The van der Waals surface area contributed by atoms with Crippen LogP contribution in [0, 0.1) is 20.2 Å². The number of hydrogen-bond acceptors (Lipinski definition) is 8. The van der Waals surface area contributed by atoms with E-state index in [-0.39, 0.29) is 36.4 Å². The quantitative estimate of drug-likeness (QED) is 0.447. The minimum Gasteiger partial charge on any atom is -0.317 e. The fourth-order valence-electron chi connectivity index (χ4n) is 4.01. The highest BCUT2D eigenvalue weighted by Gasteiger charge is 2.29. The third kappa shape index (κ3) is 8.74. The van der Waals surface area contributed by atoms with Gasteiger partial charge < -0.3 is 10.2 Å². The van der Waals surface area contributed by atoms with Gasteiger partial charge in [0.25, 0.3) is 0 Å². The fraction of sp³-hybridized carbons (Fsp3) is 0.684. The van der Waals surface area contributed by atoms with Crippen LogP contribution in [0.2, 0.25) is 0 Å². The maximum Gasteiger partial charge on any atom is 0.390 e. The monoisotopic (exact) mass is 524 g/mol. The Balaban J connectivity index is 0.000000254. The zero-order chi connectivity index (χ0) is 24.7. The molecule has 1 N–H and O–H groups in total. The normalized spacial score (nSPS) is 17.8. The van der Waals surface area contributed by atoms with E-state index in [4.69, 9.17) is 0 Å². The summed E-state index contributed by atoms with van der Waals surface area (Å²) >= 11 is 0. The fourth-order valence-corrected chi connectivity index (χ4v) is 4.01. The van der Waals surface area contributed by atoms with E-state index in [1.807, 2.05) is 0 Å². The van der Waals surface area contributed by atoms with Crippen molar-refractivity contribution >= 4 is 23.8 Å². The molecular formula is C19H28ClF3N8O4. The van der Waals surface area contributed by atoms with Crippen molar-refractivity contribution in [3.8, 4) is 0 Å². The van der Waals surface area contributed by atoms with Gasteiger partial charge in [0, 0.05) is 19.6 Å². The van der Waals surface area contributed by atoms with Crippen LogP contribution in [0.4, 0.5) is 24.5 Å². The standard InChI is InChI=1S/C11H15F3N4O2.C8H12N4O2.ClH/c12-11(13,14)3-6-16-4-1-9(2-5-16)17-8-10(7-15-17)18(19)20;13-12(14)8-5-10-11(6-8)7-1-3-9-4-2-7;/h7-9H,1-6H2;5-7,9H,1-4H2;1H. The summed E-state index contributed by atoms with van der Waals surface area (Å²) in [4.78, 5) is 21.8. The first-order valence-corrected chi connectivity index (χ1v) is 11.0. The van der Waals surface area contributed by atoms with Crippen molar-refractivity contribution < 1.29 is 23.0 Å². The maximum atomic E-state index is 12.1. The van der Waals surface area contributed by atoms with Crippen LogP contribution in [-0.2, 0) is 0 Å². The SMILES string of the molecule is Cl.O=[N+]([O-])c1cnn(C2CCN(CCC(F)(F)F)CC2)c1.O=[N+]([O-])c1cnn(C2CCNCC2)c1. The van der Waals surface area contributed by atoms with Crippen LogP contribution in [-0.4, -0.2) is 73.2 Å². The van der Waals surface area contributed by atoms with E-state index in [1.54, 1.807) is 14.3 Å². The molecule has 2 aromatic rings. The van der Waals surface area contributed by atoms with Crippen LogP contribution in [0.15, 0.2) is 24.8 Å². The lowest BCUT2D eigenvalue weighted by Gasteiger charge is -2.32. The number of halogens is 4. The molecule has 2 aliphatic heterocycles. The number of piperidine rings is 2. The second kappa shape index (κ2) is 12.8. The third-order valence-electron chi connectivity index (χ3n) is 5.92. The van der Waals surface area contributed by atoms with Gasteiger partial charge in [0.1, 0.15) is 24.8 Å². The molecule has 16 heteroatoms. The van der Waals surface area contributed by atoms with Gasteiger partial charge in [-0.25, -0.2) is 0 Å². The smallest absolute Gasteiger partial charge is 0.317 e. The molecule has 0 amide bonds. The molecule has 4 heterocycles. The lowest BCUT2D eigenvalue weighted by molar-refractivity contribution is -0.385. The van der Waals surface area contributed by atoms with Gasteiger partial charge in [0.2, 0.25) is 0 Å². The van der Waals surface area contributed by atoms with Crippen LogP contribution in [0.25, 0.3) is 0 Å². The number of rotatable bonds is 6. The van der Waals surface area contributed by atoms with Gasteiger partial charge in [0.15, 0.2) is 0 Å². The van der Waals surface area contributed by atoms with Gasteiger partial charge in [0.05, 0.1) is 28.4 Å². The van der Waals surface area contributed by atoms with Crippen LogP contribution in [0.5, 0.6) is 0 Å². The largest absolute Gasteiger partial charge is 0.390 e. The molecule has 0 atom stereocenters. The van der Waals surface area contributed by atoms with Crippen molar-refractivity contribution in [1.82, 2.24) is 29.8 Å². The first-order chi connectivity index (χ1) is 16.1. The van der Waals surface area contributed by atoms with Crippen molar-refractivity contribution in [2.45, 2.75) is 50.4 Å². The van der Waals surface area contributed by atoms with E-state index in [2.05, 4.69) is 15.5 Å². The highest BCUT2D eigenvalue weighted by molar-refractivity contribution is 5.85. The second-order valence-corrected chi connectivity index (χ2v) is 8.29. The average Bonchev–Trinajstić information content (AvgIpc) is 3.49. The topological polar surface area (TPSA) is 137 Å². The predicted molar refractivity (Wildman–Crippen MR) is 122 cm³/mol. The number of aromatic nitrogens is 4. The molecule has 0 saturated carbocycles. The van der Waals surface area contributed by atoms with E-state index in [9.17, 15) is 33.4 Å². The first kappa shape index (κ1) is 28.5. The van der Waals surface area contributed by atoms with Crippen LogP contribution < -0.4 is 5.32 Å². The summed E-state index contributed by atoms with van der Waals surface area (Å²) in [6, 6.07) is 0.329. The summed E-state index contributed by atoms with van der Waals surface area (Å²) in [5.74, 6) is 0.